The Balaban J connectivity index is 2.19. The van der Waals surface area contributed by atoms with Gasteiger partial charge in [0.2, 0.25) is 0 Å². The number of aliphatic hydroxyl groups excluding tert-OH is 1. The van der Waals surface area contributed by atoms with E-state index in [-0.39, 0.29) is 0 Å². The van der Waals surface area contributed by atoms with Crippen LogP contribution in [0.25, 0.3) is 0 Å². The van der Waals surface area contributed by atoms with Crippen LogP contribution in [0.4, 0.5) is 0 Å². The fraction of sp³-hybridized carbons (Fsp3) is 0.667. The van der Waals surface area contributed by atoms with E-state index in [1.807, 2.05) is 24.3 Å². The van der Waals surface area contributed by atoms with Crippen molar-refractivity contribution in [3.63, 3.8) is 0 Å². The molecule has 6 heteroatoms. The number of unbranched alkanes of at least 4 members (excludes halogenated alkanes) is 2. The molecule has 0 fully saturated rings. The maximum Gasteiger partial charge on any atom is 0.395 e. The minimum Gasteiger partial charge on any atom is -0.494 e. The lowest BCUT2D eigenvalue weighted by molar-refractivity contribution is 0.123. The molecule has 0 bridgehead atoms. The first-order valence-electron chi connectivity index (χ1n) is 8.84. The molecule has 0 saturated carbocycles. The first-order chi connectivity index (χ1) is 11.8. The zero-order chi connectivity index (χ0) is 17.5. The minimum atomic E-state index is -0.515. The summed E-state index contributed by atoms with van der Waals surface area (Å²) in [6.45, 7) is 5.14. The van der Waals surface area contributed by atoms with Crippen molar-refractivity contribution >= 4 is 7.62 Å². The Kier molecular flexibility index (Phi) is 12.5. The van der Waals surface area contributed by atoms with E-state index >= 15 is 0 Å². The molecule has 1 rings (SSSR count). The lowest BCUT2D eigenvalue weighted by Gasteiger charge is -2.13. The molecule has 0 amide bonds. The number of hydrogen-bond acceptors (Lipinski definition) is 5. The highest BCUT2D eigenvalue weighted by Crippen LogP contribution is 2.21. The van der Waals surface area contributed by atoms with Gasteiger partial charge in [-0.15, -0.1) is 0 Å². The number of hydrogen-bond donors (Lipinski definition) is 2. The fourth-order valence-corrected chi connectivity index (χ4v) is 2.19. The first kappa shape index (κ1) is 21.0. The number of ether oxygens (including phenoxy) is 2. The predicted octanol–water partition coefficient (Wildman–Crippen LogP) is 2.86. The van der Waals surface area contributed by atoms with E-state index in [0.29, 0.717) is 19.6 Å². The molecule has 24 heavy (non-hydrogen) atoms. The third kappa shape index (κ3) is 9.93. The Morgan fingerprint density at radius 1 is 1.17 bits per heavy atom. The van der Waals surface area contributed by atoms with Crippen LogP contribution in [0.2, 0.25) is 0 Å². The van der Waals surface area contributed by atoms with E-state index in [9.17, 15) is 5.11 Å². The zero-order valence-corrected chi connectivity index (χ0v) is 15.0. The van der Waals surface area contributed by atoms with Crippen molar-refractivity contribution in [1.29, 1.82) is 0 Å². The number of rotatable bonds is 15. The lowest BCUT2D eigenvalue weighted by Crippen LogP contribution is -2.23. The maximum absolute atomic E-state index is 10.2. The molecule has 0 aliphatic rings. The van der Waals surface area contributed by atoms with E-state index in [4.69, 9.17) is 14.1 Å². The fourth-order valence-electron chi connectivity index (χ4n) is 2.19. The van der Waals surface area contributed by atoms with Crippen molar-refractivity contribution in [3.8, 4) is 5.75 Å². The van der Waals surface area contributed by atoms with E-state index in [1.54, 1.807) is 7.11 Å². The summed E-state index contributed by atoms with van der Waals surface area (Å²) in [7, 11) is 3.10. The van der Waals surface area contributed by atoms with Gasteiger partial charge in [0.1, 0.15) is 5.75 Å². The maximum atomic E-state index is 10.2. The second kappa shape index (κ2) is 14.3. The second-order valence-electron chi connectivity index (χ2n) is 5.71. The van der Waals surface area contributed by atoms with Crippen molar-refractivity contribution in [2.75, 3.05) is 33.5 Å². The van der Waals surface area contributed by atoms with E-state index < -0.39 is 6.10 Å². The van der Waals surface area contributed by atoms with E-state index in [2.05, 4.69) is 12.2 Å². The molecule has 0 aromatic heterocycles. The van der Waals surface area contributed by atoms with Gasteiger partial charge in [-0.1, -0.05) is 25.5 Å². The quantitative estimate of drug-likeness (QED) is 0.381. The molecule has 1 aromatic carbocycles. The Bertz CT molecular complexity index is 420. The summed E-state index contributed by atoms with van der Waals surface area (Å²) in [5, 5.41) is 13.2. The van der Waals surface area contributed by atoms with Gasteiger partial charge in [-0.3, -0.25) is 0 Å². The minimum absolute atomic E-state index is 0.515. The van der Waals surface area contributed by atoms with Gasteiger partial charge in [0, 0.05) is 20.3 Å². The van der Waals surface area contributed by atoms with Crippen molar-refractivity contribution in [2.24, 2.45) is 0 Å². The summed E-state index contributed by atoms with van der Waals surface area (Å²) in [5.41, 5.74) is 0.870. The van der Waals surface area contributed by atoms with Crippen molar-refractivity contribution in [3.05, 3.63) is 29.8 Å². The molecule has 135 valence electrons. The third-order valence-corrected chi connectivity index (χ3v) is 3.60. The Labute approximate surface area is 147 Å². The van der Waals surface area contributed by atoms with Crippen LogP contribution in [-0.2, 0) is 9.39 Å². The van der Waals surface area contributed by atoms with Gasteiger partial charge in [-0.25, -0.2) is 0 Å². The molecule has 0 heterocycles. The Hall–Kier alpha value is -1.08. The summed E-state index contributed by atoms with van der Waals surface area (Å²) in [6.07, 6.45) is 4.37. The topological polar surface area (TPSA) is 60.0 Å². The smallest absolute Gasteiger partial charge is 0.395 e. The molecule has 5 nitrogen and oxygen atoms in total. The molecule has 2 N–H and O–H groups in total. The van der Waals surface area contributed by atoms with Crippen LogP contribution in [0, 0.1) is 0 Å². The molecule has 0 saturated heterocycles. The summed E-state index contributed by atoms with van der Waals surface area (Å²) in [4.78, 5) is 0. The van der Waals surface area contributed by atoms with Crippen LogP contribution >= 0.6 is 0 Å². The molecular weight excluding hydrogens is 305 g/mol. The lowest BCUT2D eigenvalue weighted by atomic mass is 10.1. The first-order valence-corrected chi connectivity index (χ1v) is 8.84. The predicted molar refractivity (Wildman–Crippen MR) is 97.2 cm³/mol. The molecule has 1 atom stereocenters. The normalized spacial score (nSPS) is 12.1. The zero-order valence-electron chi connectivity index (χ0n) is 15.0. The second-order valence-corrected chi connectivity index (χ2v) is 5.71. The molecule has 0 aliphatic carbocycles. The number of benzene rings is 1. The SMILES string of the molecule is CCCCOCCCCOc1cccc(C(O)CCN[B]OC)c1. The van der Waals surface area contributed by atoms with E-state index in [1.165, 1.54) is 14.0 Å². The van der Waals surface area contributed by atoms with Gasteiger partial charge in [0.15, 0.2) is 0 Å². The molecular formula is C18H31BNO4. The summed E-state index contributed by atoms with van der Waals surface area (Å²) >= 11 is 0. The van der Waals surface area contributed by atoms with Crippen LogP contribution in [-0.4, -0.2) is 46.2 Å². The van der Waals surface area contributed by atoms with Crippen LogP contribution < -0.4 is 9.96 Å². The van der Waals surface area contributed by atoms with Crippen LogP contribution in [0.1, 0.15) is 50.7 Å². The van der Waals surface area contributed by atoms with Crippen LogP contribution in [0.15, 0.2) is 24.3 Å². The van der Waals surface area contributed by atoms with Gasteiger partial charge < -0.3 is 24.5 Å². The van der Waals surface area contributed by atoms with Crippen LogP contribution in [0.5, 0.6) is 5.75 Å². The van der Waals surface area contributed by atoms with Gasteiger partial charge in [0.05, 0.1) is 12.7 Å². The highest BCUT2D eigenvalue weighted by molar-refractivity contribution is 6.23. The molecule has 1 radical (unpaired) electrons. The van der Waals surface area contributed by atoms with Crippen molar-refractivity contribution < 1.29 is 19.2 Å². The van der Waals surface area contributed by atoms with Gasteiger partial charge in [-0.2, -0.15) is 0 Å². The monoisotopic (exact) mass is 336 g/mol. The number of nitrogens with one attached hydrogen (secondary N) is 1. The highest BCUT2D eigenvalue weighted by atomic mass is 16.5. The summed E-state index contributed by atoms with van der Waals surface area (Å²) in [5.74, 6) is 0.801. The highest BCUT2D eigenvalue weighted by Gasteiger charge is 2.08. The molecule has 0 spiro atoms. The van der Waals surface area contributed by atoms with E-state index in [0.717, 1.165) is 43.8 Å². The van der Waals surface area contributed by atoms with Gasteiger partial charge in [-0.05, 0) is 49.9 Å². The average molecular weight is 336 g/mol. The van der Waals surface area contributed by atoms with Gasteiger partial charge >= 0.3 is 7.62 Å². The van der Waals surface area contributed by atoms with Gasteiger partial charge in [0.25, 0.3) is 0 Å². The van der Waals surface area contributed by atoms with Crippen molar-refractivity contribution in [2.45, 2.75) is 45.1 Å². The summed E-state index contributed by atoms with van der Waals surface area (Å²) < 4.78 is 16.1. The van der Waals surface area contributed by atoms with Crippen LogP contribution in [0.3, 0.4) is 0 Å². The average Bonchev–Trinajstić information content (AvgIpc) is 2.61. The molecule has 0 aliphatic heterocycles. The Morgan fingerprint density at radius 2 is 1.96 bits per heavy atom. The Morgan fingerprint density at radius 3 is 2.75 bits per heavy atom. The van der Waals surface area contributed by atoms with Crippen molar-refractivity contribution in [1.82, 2.24) is 5.23 Å². The molecule has 1 aromatic rings. The number of aliphatic hydroxyl groups is 1. The largest absolute Gasteiger partial charge is 0.494 e. The standard InChI is InChI=1S/C18H31BNO4/c1-3-4-12-23-13-5-6-14-24-17-9-7-8-16(15-17)18(21)10-11-20-19-22-2/h7-9,15,18,20-21H,3-6,10-14H2,1-2H3. The summed E-state index contributed by atoms with van der Waals surface area (Å²) in [6, 6.07) is 7.66. The third-order valence-electron chi connectivity index (χ3n) is 3.60. The molecule has 1 unspecified atom stereocenters.